The van der Waals surface area contributed by atoms with E-state index in [1.807, 2.05) is 18.2 Å². The highest BCUT2D eigenvalue weighted by Crippen LogP contribution is 2.61. The van der Waals surface area contributed by atoms with Gasteiger partial charge in [-0.2, -0.15) is 0 Å². The second-order valence-corrected chi connectivity index (χ2v) is 16.7. The van der Waals surface area contributed by atoms with E-state index in [9.17, 15) is 0 Å². The Morgan fingerprint density at radius 1 is 0.404 bits per heavy atom. The van der Waals surface area contributed by atoms with Gasteiger partial charge >= 0.3 is 0 Å². The molecule has 9 aromatic rings. The fourth-order valence-electron chi connectivity index (χ4n) is 9.32. The number of hydrogen-bond acceptors (Lipinski definition) is 1. The molecule has 3 heteroatoms. The van der Waals surface area contributed by atoms with Crippen LogP contribution in [-0.2, 0) is 9.98 Å². The molecule has 0 aliphatic carbocycles. The monoisotopic (exact) mass is 681 g/mol. The number of aromatic nitrogens is 1. The van der Waals surface area contributed by atoms with Gasteiger partial charge in [-0.15, -0.1) is 0 Å². The molecule has 0 amide bonds. The van der Waals surface area contributed by atoms with Gasteiger partial charge in [0.25, 0.3) is 0 Å². The molecule has 11 rings (SSSR count). The summed E-state index contributed by atoms with van der Waals surface area (Å²) in [5, 5.41) is 5.10. The highest BCUT2D eigenvalue weighted by molar-refractivity contribution is 7.85. The standard InChI is InChI=1S/C49H32NOP/c51-52(37-19-8-3-9-20-37)46-29-27-35(33-15-4-1-5-16-33)31-42(46)49(43-32-36(28-30-47(43)52)34-17-6-2-7-18-34)40-23-11-13-26-45(40)50-44-25-12-10-21-38(44)39-22-14-24-41(49)48(39)50/h1-32H. The summed E-state index contributed by atoms with van der Waals surface area (Å²) < 4.78 is 19.0. The number of rotatable bonds is 3. The lowest BCUT2D eigenvalue weighted by Crippen LogP contribution is -2.48. The molecule has 0 atom stereocenters. The molecular weight excluding hydrogens is 650 g/mol. The molecule has 2 aliphatic rings. The summed E-state index contributed by atoms with van der Waals surface area (Å²) in [5.41, 5.74) is 11.8. The first-order chi connectivity index (χ1) is 25.7. The molecule has 2 nitrogen and oxygen atoms in total. The van der Waals surface area contributed by atoms with Crippen molar-refractivity contribution in [1.82, 2.24) is 4.57 Å². The van der Waals surface area contributed by atoms with Crippen LogP contribution < -0.4 is 15.9 Å². The zero-order valence-corrected chi connectivity index (χ0v) is 29.2. The third-order valence-electron chi connectivity index (χ3n) is 11.5. The van der Waals surface area contributed by atoms with Gasteiger partial charge in [0.05, 0.1) is 22.1 Å². The van der Waals surface area contributed by atoms with E-state index in [1.54, 1.807) is 0 Å². The molecule has 3 heterocycles. The molecule has 2 aliphatic heterocycles. The third-order valence-corrected chi connectivity index (χ3v) is 14.6. The number of nitrogens with zero attached hydrogens (tertiary/aromatic N) is 1. The second kappa shape index (κ2) is 10.9. The minimum atomic E-state index is -3.37. The van der Waals surface area contributed by atoms with Crippen molar-refractivity contribution in [2.45, 2.75) is 5.41 Å². The Morgan fingerprint density at radius 3 is 1.58 bits per heavy atom. The Bertz CT molecular complexity index is 2830. The Kier molecular flexibility index (Phi) is 6.18. The van der Waals surface area contributed by atoms with Crippen LogP contribution in [0.25, 0.3) is 49.7 Å². The largest absolute Gasteiger partial charge is 0.309 e. The SMILES string of the molecule is O=P1(c2ccccc2)c2ccc(-c3ccccc3)cc2C2(c3ccccc3-n3c4ccccc4c4cccc2c43)c2cc(-c3ccccc3)ccc21. The van der Waals surface area contributed by atoms with Gasteiger partial charge in [0.2, 0.25) is 0 Å². The molecule has 0 bridgehead atoms. The molecule has 1 spiro atoms. The third kappa shape index (κ3) is 3.77. The number of benzene rings is 8. The van der Waals surface area contributed by atoms with Crippen molar-refractivity contribution < 1.29 is 4.57 Å². The van der Waals surface area contributed by atoms with Crippen molar-refractivity contribution in [2.24, 2.45) is 0 Å². The average molecular weight is 682 g/mol. The topological polar surface area (TPSA) is 22.0 Å². The van der Waals surface area contributed by atoms with Gasteiger partial charge in [-0.1, -0.05) is 158 Å². The molecule has 244 valence electrons. The summed E-state index contributed by atoms with van der Waals surface area (Å²) in [6, 6.07) is 69.2. The Morgan fingerprint density at radius 2 is 0.923 bits per heavy atom. The molecule has 0 saturated carbocycles. The lowest BCUT2D eigenvalue weighted by Gasteiger charge is -2.48. The minimum Gasteiger partial charge on any atom is -0.309 e. The van der Waals surface area contributed by atoms with E-state index in [2.05, 4.69) is 180 Å². The fraction of sp³-hybridized carbons (Fsp3) is 0.0204. The maximum Gasteiger partial charge on any atom is 0.171 e. The summed E-state index contributed by atoms with van der Waals surface area (Å²) in [6.07, 6.45) is 0. The molecule has 0 radical (unpaired) electrons. The average Bonchev–Trinajstić information content (AvgIpc) is 3.57. The van der Waals surface area contributed by atoms with Crippen molar-refractivity contribution >= 4 is 44.9 Å². The molecule has 0 N–H and O–H groups in total. The van der Waals surface area contributed by atoms with Gasteiger partial charge in [0, 0.05) is 26.7 Å². The zero-order chi connectivity index (χ0) is 34.4. The predicted molar refractivity (Wildman–Crippen MR) is 216 cm³/mol. The predicted octanol–water partition coefficient (Wildman–Crippen LogP) is 10.8. The van der Waals surface area contributed by atoms with Crippen LogP contribution in [0.4, 0.5) is 0 Å². The molecule has 0 fully saturated rings. The maximum atomic E-state index is 16.5. The van der Waals surface area contributed by atoms with Crippen LogP contribution in [0.3, 0.4) is 0 Å². The summed E-state index contributed by atoms with van der Waals surface area (Å²) in [5.74, 6) is 0. The van der Waals surface area contributed by atoms with E-state index in [1.165, 1.54) is 32.9 Å². The molecule has 0 saturated heterocycles. The Balaban J connectivity index is 1.39. The van der Waals surface area contributed by atoms with Crippen LogP contribution in [0.1, 0.15) is 22.3 Å². The quantitative estimate of drug-likeness (QED) is 0.170. The normalized spacial score (nSPS) is 18.2. The maximum absolute atomic E-state index is 16.5. The van der Waals surface area contributed by atoms with E-state index >= 15 is 4.57 Å². The van der Waals surface area contributed by atoms with Gasteiger partial charge in [-0.05, 0) is 80.9 Å². The fourth-order valence-corrected chi connectivity index (χ4v) is 12.4. The first-order valence-corrected chi connectivity index (χ1v) is 19.6. The second-order valence-electron chi connectivity index (χ2n) is 14.0. The Hall–Kier alpha value is -6.21. The smallest absolute Gasteiger partial charge is 0.171 e. The van der Waals surface area contributed by atoms with Gasteiger partial charge in [-0.3, -0.25) is 0 Å². The van der Waals surface area contributed by atoms with Crippen LogP contribution in [-0.4, -0.2) is 4.57 Å². The van der Waals surface area contributed by atoms with Gasteiger partial charge < -0.3 is 9.13 Å². The molecular formula is C49H32NOP. The zero-order valence-electron chi connectivity index (χ0n) is 28.3. The molecule has 0 unspecified atom stereocenters. The van der Waals surface area contributed by atoms with Crippen LogP contribution in [0.2, 0.25) is 0 Å². The minimum absolute atomic E-state index is 0.774. The van der Waals surface area contributed by atoms with Crippen LogP contribution in [0.5, 0.6) is 0 Å². The van der Waals surface area contributed by atoms with Crippen molar-refractivity contribution in [2.75, 3.05) is 0 Å². The van der Waals surface area contributed by atoms with E-state index in [4.69, 9.17) is 0 Å². The number of fused-ring (bicyclic) bond motifs is 11. The first kappa shape index (κ1) is 29.5. The summed E-state index contributed by atoms with van der Waals surface area (Å²) in [6.45, 7) is 0. The van der Waals surface area contributed by atoms with E-state index < -0.39 is 12.6 Å². The summed E-state index contributed by atoms with van der Waals surface area (Å²) >= 11 is 0. The highest BCUT2D eigenvalue weighted by Gasteiger charge is 2.54. The molecule has 52 heavy (non-hydrogen) atoms. The lowest BCUT2D eigenvalue weighted by molar-refractivity contribution is 0.590. The van der Waals surface area contributed by atoms with Crippen LogP contribution in [0.15, 0.2) is 194 Å². The van der Waals surface area contributed by atoms with Gasteiger partial charge in [-0.25, -0.2) is 0 Å². The van der Waals surface area contributed by atoms with Gasteiger partial charge in [0.15, 0.2) is 7.14 Å². The van der Waals surface area contributed by atoms with Crippen molar-refractivity contribution in [1.29, 1.82) is 0 Å². The first-order valence-electron chi connectivity index (χ1n) is 17.9. The molecule has 1 aromatic heterocycles. The van der Waals surface area contributed by atoms with Crippen LogP contribution in [0, 0.1) is 0 Å². The van der Waals surface area contributed by atoms with Crippen molar-refractivity contribution in [3.05, 3.63) is 216 Å². The molecule has 8 aromatic carbocycles. The van der Waals surface area contributed by atoms with E-state index in [0.29, 0.717) is 0 Å². The Labute approximate surface area is 302 Å². The van der Waals surface area contributed by atoms with Crippen LogP contribution >= 0.6 is 7.14 Å². The highest BCUT2D eigenvalue weighted by atomic mass is 31.2. The van der Waals surface area contributed by atoms with Crippen molar-refractivity contribution in [3.63, 3.8) is 0 Å². The summed E-state index contributed by atoms with van der Waals surface area (Å²) in [7, 11) is -3.37. The van der Waals surface area contributed by atoms with Gasteiger partial charge in [0.1, 0.15) is 0 Å². The van der Waals surface area contributed by atoms with E-state index in [-0.39, 0.29) is 0 Å². The lowest BCUT2D eigenvalue weighted by atomic mass is 9.62. The number of para-hydroxylation sites is 3. The van der Waals surface area contributed by atoms with E-state index in [0.717, 1.165) is 55.0 Å². The summed E-state index contributed by atoms with van der Waals surface area (Å²) in [4.78, 5) is 0. The number of hydrogen-bond donors (Lipinski definition) is 0. The van der Waals surface area contributed by atoms with Crippen molar-refractivity contribution in [3.8, 4) is 27.9 Å².